The van der Waals surface area contributed by atoms with Crippen LogP contribution >= 0.6 is 0 Å². The monoisotopic (exact) mass is 218 g/mol. The molecule has 1 unspecified atom stereocenters. The van der Waals surface area contributed by atoms with E-state index in [1.165, 1.54) is 0 Å². The van der Waals surface area contributed by atoms with E-state index in [4.69, 9.17) is 5.11 Å². The lowest BCUT2D eigenvalue weighted by Crippen LogP contribution is -2.48. The molecule has 0 radical (unpaired) electrons. The average Bonchev–Trinajstić information content (AvgIpc) is 2.11. The van der Waals surface area contributed by atoms with Crippen LogP contribution in [-0.2, 0) is 9.59 Å². The minimum absolute atomic E-state index is 0.105. The van der Waals surface area contributed by atoms with Gasteiger partial charge < -0.3 is 20.8 Å². The van der Waals surface area contributed by atoms with Crippen LogP contribution in [0.25, 0.3) is 0 Å². The van der Waals surface area contributed by atoms with Crippen LogP contribution in [0.15, 0.2) is 0 Å². The fourth-order valence-electron chi connectivity index (χ4n) is 0.706. The first-order valence-electron chi connectivity index (χ1n) is 4.71. The van der Waals surface area contributed by atoms with E-state index in [9.17, 15) is 14.7 Å². The van der Waals surface area contributed by atoms with E-state index in [0.717, 1.165) is 6.92 Å². The second kappa shape index (κ2) is 5.67. The maximum atomic E-state index is 11.1. The Kier molecular flexibility index (Phi) is 5.24. The first-order valence-corrected chi connectivity index (χ1v) is 4.71. The topological polar surface area (TPSA) is 98.7 Å². The summed E-state index contributed by atoms with van der Waals surface area (Å²) in [4.78, 5) is 21.6. The van der Waals surface area contributed by atoms with Crippen molar-refractivity contribution < 1.29 is 19.8 Å². The second-order valence-corrected chi connectivity index (χ2v) is 3.89. The van der Waals surface area contributed by atoms with Gasteiger partial charge in [0.05, 0.1) is 13.1 Å². The highest BCUT2D eigenvalue weighted by atomic mass is 16.4. The Morgan fingerprint density at radius 2 is 1.93 bits per heavy atom. The molecule has 6 heteroatoms. The van der Waals surface area contributed by atoms with Gasteiger partial charge in [0.1, 0.15) is 0 Å². The van der Waals surface area contributed by atoms with E-state index in [-0.39, 0.29) is 25.0 Å². The van der Waals surface area contributed by atoms with Gasteiger partial charge in [-0.05, 0) is 6.92 Å². The number of carboxylic acids is 1. The molecule has 0 rings (SSSR count). The molecule has 0 fully saturated rings. The normalized spacial score (nSPS) is 14.7. The van der Waals surface area contributed by atoms with Gasteiger partial charge in [-0.15, -0.1) is 0 Å². The molecule has 0 heterocycles. The fraction of sp³-hybridized carbons (Fsp3) is 0.778. The third-order valence-corrected chi connectivity index (χ3v) is 1.76. The standard InChI is InChI=1S/C9H18N2O4/c1-6(2)10-4-7(12)11-5-9(3,15)8(13)14/h6,10,15H,4-5H2,1-3H3,(H,11,12)(H,13,14). The van der Waals surface area contributed by atoms with Gasteiger partial charge in [-0.3, -0.25) is 4.79 Å². The summed E-state index contributed by atoms with van der Waals surface area (Å²) >= 11 is 0. The molecular weight excluding hydrogens is 200 g/mol. The molecule has 0 aliphatic rings. The Balaban J connectivity index is 3.85. The van der Waals surface area contributed by atoms with E-state index < -0.39 is 11.6 Å². The molecule has 0 bridgehead atoms. The van der Waals surface area contributed by atoms with Gasteiger partial charge in [0, 0.05) is 6.04 Å². The molecular formula is C9H18N2O4. The summed E-state index contributed by atoms with van der Waals surface area (Å²) in [5.74, 6) is -1.70. The number of aliphatic carboxylic acids is 1. The minimum atomic E-state index is -1.92. The fourth-order valence-corrected chi connectivity index (χ4v) is 0.706. The lowest BCUT2D eigenvalue weighted by atomic mass is 10.1. The zero-order valence-corrected chi connectivity index (χ0v) is 9.20. The summed E-state index contributed by atoms with van der Waals surface area (Å²) in [6, 6.07) is 0.177. The number of carboxylic acid groups (broad SMARTS) is 1. The van der Waals surface area contributed by atoms with Crippen LogP contribution in [0.4, 0.5) is 0 Å². The van der Waals surface area contributed by atoms with Crippen molar-refractivity contribution in [1.82, 2.24) is 10.6 Å². The number of rotatable bonds is 6. The molecule has 15 heavy (non-hydrogen) atoms. The van der Waals surface area contributed by atoms with Crippen LogP contribution < -0.4 is 10.6 Å². The average molecular weight is 218 g/mol. The highest BCUT2D eigenvalue weighted by molar-refractivity contribution is 5.81. The Labute approximate surface area is 88.7 Å². The zero-order valence-electron chi connectivity index (χ0n) is 9.20. The third-order valence-electron chi connectivity index (χ3n) is 1.76. The lowest BCUT2D eigenvalue weighted by molar-refractivity contribution is -0.156. The highest BCUT2D eigenvalue weighted by Gasteiger charge is 2.30. The molecule has 88 valence electrons. The lowest BCUT2D eigenvalue weighted by Gasteiger charge is -2.18. The van der Waals surface area contributed by atoms with Crippen molar-refractivity contribution in [2.45, 2.75) is 32.4 Å². The molecule has 1 atom stereocenters. The number of nitrogens with one attached hydrogen (secondary N) is 2. The summed E-state index contributed by atoms with van der Waals surface area (Å²) in [7, 11) is 0. The third kappa shape index (κ3) is 6.03. The molecule has 0 spiro atoms. The molecule has 0 saturated heterocycles. The Morgan fingerprint density at radius 3 is 2.33 bits per heavy atom. The van der Waals surface area contributed by atoms with E-state index in [2.05, 4.69) is 10.6 Å². The first-order chi connectivity index (χ1) is 6.75. The van der Waals surface area contributed by atoms with Crippen molar-refractivity contribution in [2.75, 3.05) is 13.1 Å². The molecule has 0 aliphatic heterocycles. The van der Waals surface area contributed by atoms with Crippen molar-refractivity contribution in [3.8, 4) is 0 Å². The van der Waals surface area contributed by atoms with E-state index in [1.54, 1.807) is 0 Å². The van der Waals surface area contributed by atoms with E-state index >= 15 is 0 Å². The molecule has 0 aromatic heterocycles. The number of carbonyl (C=O) groups excluding carboxylic acids is 1. The van der Waals surface area contributed by atoms with Crippen molar-refractivity contribution in [2.24, 2.45) is 0 Å². The molecule has 0 aliphatic carbocycles. The van der Waals surface area contributed by atoms with Crippen LogP contribution in [-0.4, -0.2) is 46.8 Å². The Hall–Kier alpha value is -1.14. The minimum Gasteiger partial charge on any atom is -0.479 e. The molecule has 1 amide bonds. The SMILES string of the molecule is CC(C)NCC(=O)NCC(C)(O)C(=O)O. The van der Waals surface area contributed by atoms with Gasteiger partial charge in [-0.25, -0.2) is 4.79 Å². The van der Waals surface area contributed by atoms with Crippen LogP contribution in [0.2, 0.25) is 0 Å². The van der Waals surface area contributed by atoms with Gasteiger partial charge in [0.25, 0.3) is 0 Å². The highest BCUT2D eigenvalue weighted by Crippen LogP contribution is 2.00. The number of hydrogen-bond donors (Lipinski definition) is 4. The second-order valence-electron chi connectivity index (χ2n) is 3.89. The number of aliphatic hydroxyl groups is 1. The Bertz CT molecular complexity index is 238. The van der Waals surface area contributed by atoms with Crippen LogP contribution in [0.1, 0.15) is 20.8 Å². The molecule has 0 saturated carbocycles. The molecule has 6 nitrogen and oxygen atoms in total. The van der Waals surface area contributed by atoms with Crippen molar-refractivity contribution in [3.63, 3.8) is 0 Å². The molecule has 4 N–H and O–H groups in total. The van der Waals surface area contributed by atoms with Crippen LogP contribution in [0, 0.1) is 0 Å². The maximum absolute atomic E-state index is 11.1. The summed E-state index contributed by atoms with van der Waals surface area (Å²) in [5, 5.41) is 23.0. The number of carbonyl (C=O) groups is 2. The predicted octanol–water partition coefficient (Wildman–Crippen LogP) is -1.06. The van der Waals surface area contributed by atoms with Crippen molar-refractivity contribution >= 4 is 11.9 Å². The summed E-state index contributed by atoms with van der Waals surface area (Å²) in [6.07, 6.45) is 0. The maximum Gasteiger partial charge on any atom is 0.337 e. The first kappa shape index (κ1) is 13.9. The molecule has 0 aromatic rings. The zero-order chi connectivity index (χ0) is 12.1. The van der Waals surface area contributed by atoms with Gasteiger partial charge in [-0.2, -0.15) is 0 Å². The van der Waals surface area contributed by atoms with E-state index in [1.807, 2.05) is 13.8 Å². The largest absolute Gasteiger partial charge is 0.479 e. The summed E-state index contributed by atoms with van der Waals surface area (Å²) in [6.45, 7) is 4.71. The van der Waals surface area contributed by atoms with Crippen molar-refractivity contribution in [3.05, 3.63) is 0 Å². The summed E-state index contributed by atoms with van der Waals surface area (Å²) < 4.78 is 0. The van der Waals surface area contributed by atoms with Gasteiger partial charge in [0.2, 0.25) is 5.91 Å². The van der Waals surface area contributed by atoms with Gasteiger partial charge in [-0.1, -0.05) is 13.8 Å². The van der Waals surface area contributed by atoms with Crippen LogP contribution in [0.5, 0.6) is 0 Å². The number of hydrogen-bond acceptors (Lipinski definition) is 4. The summed E-state index contributed by atoms with van der Waals surface area (Å²) in [5.41, 5.74) is -1.92. The van der Waals surface area contributed by atoms with Gasteiger partial charge in [0.15, 0.2) is 5.60 Å². The quantitative estimate of drug-likeness (QED) is 0.455. The smallest absolute Gasteiger partial charge is 0.337 e. The number of amides is 1. The van der Waals surface area contributed by atoms with Crippen LogP contribution in [0.3, 0.4) is 0 Å². The predicted molar refractivity (Wildman–Crippen MR) is 54.4 cm³/mol. The van der Waals surface area contributed by atoms with Crippen molar-refractivity contribution in [1.29, 1.82) is 0 Å². The van der Waals surface area contributed by atoms with E-state index in [0.29, 0.717) is 0 Å². The Morgan fingerprint density at radius 1 is 1.40 bits per heavy atom. The van der Waals surface area contributed by atoms with Gasteiger partial charge >= 0.3 is 5.97 Å². The molecule has 0 aromatic carbocycles.